The van der Waals surface area contributed by atoms with E-state index in [-0.39, 0.29) is 25.7 Å². The molecule has 1 aromatic heterocycles. The molecule has 13 heteroatoms. The van der Waals surface area contributed by atoms with Gasteiger partial charge in [0.2, 0.25) is 0 Å². The molecular formula is C30H43N3O10. The zero-order chi connectivity index (χ0) is 29.8. The van der Waals surface area contributed by atoms with Crippen LogP contribution in [0.5, 0.6) is 0 Å². The number of nitrogens with zero attached hydrogens (tertiary/aromatic N) is 2. The Hall–Kier alpha value is -2.13. The van der Waals surface area contributed by atoms with E-state index in [1.165, 1.54) is 17.2 Å². The fraction of sp³-hybridized carbons (Fsp3) is 0.833. The Balaban J connectivity index is 1.16. The van der Waals surface area contributed by atoms with Crippen LogP contribution in [0.15, 0.2) is 15.8 Å². The Bertz CT molecular complexity index is 1300. The first-order chi connectivity index (χ1) is 20.8. The van der Waals surface area contributed by atoms with Crippen LogP contribution in [0, 0.1) is 6.92 Å². The average molecular weight is 606 g/mol. The SMILES string of the molecule is CCOC(=O)[C@@H]1C[C@@H](Cn2cc(C)c(=O)[nH]c2=O)ON1[C@H]1O[C@H]([C@H]2COC3(CCCCC3)O2)[C@@H]2OC3(CCCCC3)O[C@@H]21. The molecule has 43 heavy (non-hydrogen) atoms. The molecule has 13 nitrogen and oxygen atoms in total. The molecule has 0 bridgehead atoms. The van der Waals surface area contributed by atoms with Crippen molar-refractivity contribution in [2.75, 3.05) is 13.2 Å². The molecule has 0 aromatic carbocycles. The number of hydrogen-bond donors (Lipinski definition) is 1. The number of nitrogens with one attached hydrogen (secondary N) is 1. The van der Waals surface area contributed by atoms with Crippen LogP contribution in [0.25, 0.3) is 0 Å². The van der Waals surface area contributed by atoms with Crippen molar-refractivity contribution in [2.45, 2.75) is 145 Å². The summed E-state index contributed by atoms with van der Waals surface area (Å²) in [5, 5.41) is 1.56. The minimum Gasteiger partial charge on any atom is -0.465 e. The maximum Gasteiger partial charge on any atom is 0.328 e. The second kappa shape index (κ2) is 11.7. The molecule has 2 aliphatic carbocycles. The number of hydroxylamine groups is 2. The fourth-order valence-electron chi connectivity index (χ4n) is 7.77. The van der Waals surface area contributed by atoms with Crippen LogP contribution in [-0.4, -0.2) is 88.2 Å². The van der Waals surface area contributed by atoms with Crippen LogP contribution >= 0.6 is 0 Å². The molecule has 1 aromatic rings. The predicted molar refractivity (Wildman–Crippen MR) is 149 cm³/mol. The maximum absolute atomic E-state index is 13.3. The van der Waals surface area contributed by atoms with E-state index in [0.717, 1.165) is 57.8 Å². The van der Waals surface area contributed by atoms with Crippen LogP contribution in [0.2, 0.25) is 0 Å². The van der Waals surface area contributed by atoms with Gasteiger partial charge < -0.3 is 28.4 Å². The maximum atomic E-state index is 13.3. The summed E-state index contributed by atoms with van der Waals surface area (Å²) in [6, 6.07) is -0.786. The van der Waals surface area contributed by atoms with Crippen molar-refractivity contribution < 1.29 is 38.1 Å². The third kappa shape index (κ3) is 5.51. The van der Waals surface area contributed by atoms with Crippen LogP contribution in [0.3, 0.4) is 0 Å². The van der Waals surface area contributed by atoms with Crippen LogP contribution in [0.1, 0.15) is 83.1 Å². The van der Waals surface area contributed by atoms with Gasteiger partial charge >= 0.3 is 11.7 Å². The first kappa shape index (κ1) is 29.6. The second-order valence-electron chi connectivity index (χ2n) is 12.9. The molecule has 2 saturated carbocycles. The van der Waals surface area contributed by atoms with Crippen LogP contribution in [0.4, 0.5) is 0 Å². The predicted octanol–water partition coefficient (Wildman–Crippen LogP) is 2.03. The Morgan fingerprint density at radius 3 is 2.40 bits per heavy atom. The molecule has 0 radical (unpaired) electrons. The van der Waals surface area contributed by atoms with E-state index in [0.29, 0.717) is 12.2 Å². The van der Waals surface area contributed by atoms with Crippen molar-refractivity contribution in [3.05, 3.63) is 32.6 Å². The number of H-pyrrole nitrogens is 1. The summed E-state index contributed by atoms with van der Waals surface area (Å²) in [6.45, 7) is 4.14. The number of hydrogen-bond acceptors (Lipinski definition) is 11. The third-order valence-electron chi connectivity index (χ3n) is 9.86. The van der Waals surface area contributed by atoms with Gasteiger partial charge in [0.15, 0.2) is 17.8 Å². The second-order valence-corrected chi connectivity index (χ2v) is 12.9. The van der Waals surface area contributed by atoms with Gasteiger partial charge in [-0.25, -0.2) is 4.79 Å². The lowest BCUT2D eigenvalue weighted by Crippen LogP contribution is -2.49. The summed E-state index contributed by atoms with van der Waals surface area (Å²) in [7, 11) is 0. The highest BCUT2D eigenvalue weighted by Gasteiger charge is 2.65. The monoisotopic (exact) mass is 605 g/mol. The summed E-state index contributed by atoms with van der Waals surface area (Å²) >= 11 is 0. The molecular weight excluding hydrogens is 562 g/mol. The van der Waals surface area contributed by atoms with E-state index in [1.54, 1.807) is 18.9 Å². The van der Waals surface area contributed by atoms with Crippen molar-refractivity contribution in [1.82, 2.24) is 14.6 Å². The average Bonchev–Trinajstić information content (AvgIpc) is 3.75. The molecule has 2 spiro atoms. The van der Waals surface area contributed by atoms with Gasteiger partial charge in [-0.1, -0.05) is 12.8 Å². The van der Waals surface area contributed by atoms with E-state index in [4.69, 9.17) is 33.3 Å². The van der Waals surface area contributed by atoms with Crippen molar-refractivity contribution in [3.63, 3.8) is 0 Å². The van der Waals surface area contributed by atoms with Gasteiger partial charge in [-0.05, 0) is 39.5 Å². The zero-order valence-corrected chi connectivity index (χ0v) is 25.0. The number of ether oxygens (including phenoxy) is 6. The lowest BCUT2D eigenvalue weighted by atomic mass is 9.94. The van der Waals surface area contributed by atoms with E-state index in [1.807, 2.05) is 0 Å². The molecule has 7 rings (SSSR count). The molecule has 4 saturated heterocycles. The summed E-state index contributed by atoms with van der Waals surface area (Å²) in [4.78, 5) is 46.5. The molecule has 7 atom stereocenters. The van der Waals surface area contributed by atoms with Crippen LogP contribution < -0.4 is 11.2 Å². The summed E-state index contributed by atoms with van der Waals surface area (Å²) in [5.41, 5.74) is -0.562. The number of carbonyl (C=O) groups excluding carboxylic acids is 1. The topological polar surface area (TPSA) is 140 Å². The van der Waals surface area contributed by atoms with Gasteiger partial charge in [0, 0.05) is 43.9 Å². The van der Waals surface area contributed by atoms with E-state index >= 15 is 0 Å². The number of aromatic nitrogens is 2. The van der Waals surface area contributed by atoms with Gasteiger partial charge in [0.25, 0.3) is 5.56 Å². The number of rotatable bonds is 6. The first-order valence-corrected chi connectivity index (χ1v) is 16.0. The summed E-state index contributed by atoms with van der Waals surface area (Å²) in [6.07, 6.45) is 8.48. The summed E-state index contributed by atoms with van der Waals surface area (Å²) < 4.78 is 39.9. The van der Waals surface area contributed by atoms with Gasteiger partial charge in [-0.3, -0.25) is 24.0 Å². The first-order valence-electron chi connectivity index (χ1n) is 16.0. The zero-order valence-electron chi connectivity index (χ0n) is 25.0. The minimum atomic E-state index is -0.786. The van der Waals surface area contributed by atoms with Gasteiger partial charge in [0.1, 0.15) is 30.5 Å². The number of carbonyl (C=O) groups is 1. The lowest BCUT2D eigenvalue weighted by Gasteiger charge is -2.36. The molecule has 1 N–H and O–H groups in total. The largest absolute Gasteiger partial charge is 0.465 e. The molecule has 5 heterocycles. The minimum absolute atomic E-state index is 0.135. The van der Waals surface area contributed by atoms with E-state index < -0.39 is 65.5 Å². The van der Waals surface area contributed by atoms with Gasteiger partial charge in [0.05, 0.1) is 25.9 Å². The number of esters is 1. The standard InChI is InChI=1S/C30H43N3O10/c1-3-37-27(35)20-14-19(16-32-15-18(2)25(34)31-28(32)36)43-33(20)26-24-23(41-30(42-24)12-8-5-9-13-30)22(39-26)21-17-38-29(40-21)10-6-4-7-11-29/h15,19-24,26H,3-14,16-17H2,1-2H3,(H,31,34,36)/t19-,20-,21+,22+,23-,24-,26-/m0/s1. The van der Waals surface area contributed by atoms with Gasteiger partial charge in [-0.2, -0.15) is 0 Å². The number of fused-ring (bicyclic) bond motifs is 1. The normalized spacial score (nSPS) is 36.8. The molecule has 6 fully saturated rings. The van der Waals surface area contributed by atoms with Crippen LogP contribution in [-0.2, 0) is 44.6 Å². The fourth-order valence-corrected chi connectivity index (χ4v) is 7.77. The van der Waals surface area contributed by atoms with E-state index in [2.05, 4.69) is 4.98 Å². The van der Waals surface area contributed by atoms with Crippen molar-refractivity contribution in [2.24, 2.45) is 0 Å². The smallest absolute Gasteiger partial charge is 0.328 e. The highest BCUT2D eigenvalue weighted by Crippen LogP contribution is 2.50. The quantitative estimate of drug-likeness (QED) is 0.477. The Kier molecular flexibility index (Phi) is 8.02. The molecule has 6 aliphatic rings. The third-order valence-corrected chi connectivity index (χ3v) is 9.86. The number of aromatic amines is 1. The Labute approximate surface area is 250 Å². The Morgan fingerprint density at radius 1 is 0.977 bits per heavy atom. The lowest BCUT2D eigenvalue weighted by molar-refractivity contribution is -0.300. The molecule has 0 amide bonds. The number of aryl methyl sites for hydroxylation is 1. The molecule has 0 unspecified atom stereocenters. The highest BCUT2D eigenvalue weighted by molar-refractivity contribution is 5.76. The van der Waals surface area contributed by atoms with Gasteiger partial charge in [-0.15, -0.1) is 5.06 Å². The van der Waals surface area contributed by atoms with E-state index in [9.17, 15) is 14.4 Å². The summed E-state index contributed by atoms with van der Waals surface area (Å²) in [5.74, 6) is -1.71. The van der Waals surface area contributed by atoms with Crippen molar-refractivity contribution in [1.29, 1.82) is 0 Å². The molecule has 4 aliphatic heterocycles. The highest BCUT2D eigenvalue weighted by atomic mass is 16.8. The molecule has 238 valence electrons. The van der Waals surface area contributed by atoms with Crippen molar-refractivity contribution >= 4 is 5.97 Å². The van der Waals surface area contributed by atoms with Crippen molar-refractivity contribution in [3.8, 4) is 0 Å². The Morgan fingerprint density at radius 2 is 1.67 bits per heavy atom.